The van der Waals surface area contributed by atoms with Crippen molar-refractivity contribution >= 4 is 30.0 Å². The first-order chi connectivity index (χ1) is 18.0. The molecule has 0 unspecified atom stereocenters. The Morgan fingerprint density at radius 3 is 2.47 bits per heavy atom. The highest BCUT2D eigenvalue weighted by Crippen LogP contribution is 2.31. The number of carboxylic acid groups (broad SMARTS) is 1. The fourth-order valence-corrected chi connectivity index (χ4v) is 4.99. The van der Waals surface area contributed by atoms with Crippen molar-refractivity contribution < 1.29 is 19.7 Å². The molecule has 0 amide bonds. The third kappa shape index (κ3) is 6.55. The summed E-state index contributed by atoms with van der Waals surface area (Å²) in [5, 5.41) is 24.1. The van der Waals surface area contributed by atoms with Crippen molar-refractivity contribution in [3.8, 4) is 22.6 Å². The molecule has 0 spiro atoms. The molecule has 38 heavy (non-hydrogen) atoms. The molecule has 1 aliphatic carbocycles. The number of hydrogen-bond acceptors (Lipinski definition) is 4. The number of aliphatic hydroxyl groups excluding tert-OH is 1. The van der Waals surface area contributed by atoms with Gasteiger partial charge in [-0.1, -0.05) is 66.2 Å². The zero-order chi connectivity index (χ0) is 25.8. The summed E-state index contributed by atoms with van der Waals surface area (Å²) < 4.78 is 5.83. The van der Waals surface area contributed by atoms with Crippen LogP contribution in [0, 0.1) is 0 Å². The number of carbonyl (C=O) groups is 1. The molecule has 196 valence electrons. The number of aromatic carboxylic acids is 1. The molecule has 7 heteroatoms. The Morgan fingerprint density at radius 1 is 0.947 bits per heavy atom. The monoisotopic (exact) mass is 549 g/mol. The van der Waals surface area contributed by atoms with E-state index in [1.807, 2.05) is 36.4 Å². The van der Waals surface area contributed by atoms with Gasteiger partial charge in [0.2, 0.25) is 0 Å². The number of halogens is 2. The van der Waals surface area contributed by atoms with Crippen LogP contribution in [-0.4, -0.2) is 28.8 Å². The summed E-state index contributed by atoms with van der Waals surface area (Å²) in [6.45, 7) is 0.479. The molecule has 1 aliphatic rings. The van der Waals surface area contributed by atoms with Gasteiger partial charge in [0, 0.05) is 17.6 Å². The van der Waals surface area contributed by atoms with Gasteiger partial charge >= 0.3 is 5.97 Å². The van der Waals surface area contributed by atoms with Crippen molar-refractivity contribution in [2.24, 2.45) is 0 Å². The molecule has 5 nitrogen and oxygen atoms in total. The molecule has 0 saturated carbocycles. The molecule has 5 rings (SSSR count). The van der Waals surface area contributed by atoms with Gasteiger partial charge in [-0.05, 0) is 83.5 Å². The summed E-state index contributed by atoms with van der Waals surface area (Å²) in [5.41, 5.74) is 5.81. The first-order valence-electron chi connectivity index (χ1n) is 12.4. The standard InChI is InChI=1S/C31H28ClNO4.ClH/c32-25-5-3-4-23(17-25)29(34)19-33-26-13-10-21-8-9-22(16-24(21)18-26)20-11-14-27(15-12-20)37-30-7-2-1-6-28(30)31(35)36;/h1-9,11-12,14-17,26,29,33-34H,10,13,18-19H2,(H,35,36);1H/t26-,29-;/m0./s1. The van der Waals surface area contributed by atoms with Crippen LogP contribution in [0.15, 0.2) is 91.0 Å². The van der Waals surface area contributed by atoms with Crippen LogP contribution in [0.4, 0.5) is 0 Å². The Hall–Kier alpha value is -3.35. The molecule has 4 aromatic carbocycles. The van der Waals surface area contributed by atoms with Gasteiger partial charge in [0.05, 0.1) is 6.10 Å². The van der Waals surface area contributed by atoms with Crippen molar-refractivity contribution in [3.63, 3.8) is 0 Å². The van der Waals surface area contributed by atoms with Gasteiger partial charge in [0.25, 0.3) is 0 Å². The Bertz CT molecular complexity index is 1410. The number of fused-ring (bicyclic) bond motifs is 1. The highest BCUT2D eigenvalue weighted by Gasteiger charge is 2.20. The van der Waals surface area contributed by atoms with Crippen LogP contribution >= 0.6 is 24.0 Å². The predicted molar refractivity (Wildman–Crippen MR) is 153 cm³/mol. The van der Waals surface area contributed by atoms with Crippen LogP contribution in [0.2, 0.25) is 5.02 Å². The number of para-hydroxylation sites is 1. The van der Waals surface area contributed by atoms with Crippen molar-refractivity contribution in [2.45, 2.75) is 31.4 Å². The number of hydrogen-bond donors (Lipinski definition) is 3. The second-order valence-corrected chi connectivity index (χ2v) is 9.77. The highest BCUT2D eigenvalue weighted by molar-refractivity contribution is 6.30. The molecular weight excluding hydrogens is 521 g/mol. The Labute approximate surface area is 233 Å². The van der Waals surface area contributed by atoms with Crippen LogP contribution in [0.1, 0.15) is 39.6 Å². The number of nitrogens with one attached hydrogen (secondary N) is 1. The van der Waals surface area contributed by atoms with Crippen molar-refractivity contribution in [1.29, 1.82) is 0 Å². The number of rotatable bonds is 8. The average molecular weight is 550 g/mol. The van der Waals surface area contributed by atoms with Gasteiger partial charge in [-0.25, -0.2) is 4.79 Å². The third-order valence-corrected chi connectivity index (χ3v) is 7.04. The van der Waals surface area contributed by atoms with Gasteiger partial charge in [0.15, 0.2) is 0 Å². The maximum absolute atomic E-state index is 11.4. The second kappa shape index (κ2) is 12.5. The van der Waals surface area contributed by atoms with Crippen molar-refractivity contribution in [3.05, 3.63) is 118 Å². The molecule has 0 bridgehead atoms. The average Bonchev–Trinajstić information content (AvgIpc) is 2.92. The zero-order valence-electron chi connectivity index (χ0n) is 20.6. The molecule has 0 heterocycles. The smallest absolute Gasteiger partial charge is 0.339 e. The molecule has 0 saturated heterocycles. The maximum atomic E-state index is 11.4. The van der Waals surface area contributed by atoms with Crippen LogP contribution in [-0.2, 0) is 12.8 Å². The summed E-state index contributed by atoms with van der Waals surface area (Å²) >= 11 is 6.06. The van der Waals surface area contributed by atoms with Crippen LogP contribution < -0.4 is 10.1 Å². The first kappa shape index (κ1) is 27.7. The summed E-state index contributed by atoms with van der Waals surface area (Å²) in [7, 11) is 0. The minimum absolute atomic E-state index is 0. The van der Waals surface area contributed by atoms with E-state index in [0.717, 1.165) is 36.0 Å². The lowest BCUT2D eigenvalue weighted by Gasteiger charge is -2.27. The summed E-state index contributed by atoms with van der Waals surface area (Å²) in [6.07, 6.45) is 2.32. The van der Waals surface area contributed by atoms with Gasteiger partial charge < -0.3 is 20.3 Å². The minimum atomic E-state index is -1.02. The summed E-state index contributed by atoms with van der Waals surface area (Å²) in [6, 6.07) is 28.5. The van der Waals surface area contributed by atoms with E-state index in [0.29, 0.717) is 29.1 Å². The van der Waals surface area contributed by atoms with E-state index in [9.17, 15) is 15.0 Å². The SMILES string of the molecule is Cl.O=C(O)c1ccccc1Oc1ccc(-c2ccc3c(c2)C[C@@H](NC[C@H](O)c2cccc(Cl)c2)CC3)cc1. The van der Waals surface area contributed by atoms with E-state index in [1.54, 1.807) is 30.3 Å². The van der Waals surface area contributed by atoms with Crippen molar-refractivity contribution in [2.75, 3.05) is 6.54 Å². The number of carboxylic acids is 1. The normalized spacial score (nSPS) is 15.2. The molecular formula is C31H29Cl2NO4. The molecule has 0 aliphatic heterocycles. The summed E-state index contributed by atoms with van der Waals surface area (Å²) in [5.74, 6) is -0.124. The van der Waals surface area contributed by atoms with Gasteiger partial charge in [0.1, 0.15) is 17.1 Å². The van der Waals surface area contributed by atoms with Crippen LogP contribution in [0.5, 0.6) is 11.5 Å². The molecule has 2 atom stereocenters. The minimum Gasteiger partial charge on any atom is -0.478 e. The van der Waals surface area contributed by atoms with E-state index >= 15 is 0 Å². The molecule has 3 N–H and O–H groups in total. The highest BCUT2D eigenvalue weighted by atomic mass is 35.5. The summed E-state index contributed by atoms with van der Waals surface area (Å²) in [4.78, 5) is 11.4. The zero-order valence-corrected chi connectivity index (χ0v) is 22.2. The fourth-order valence-electron chi connectivity index (χ4n) is 4.80. The maximum Gasteiger partial charge on any atom is 0.339 e. The Balaban J connectivity index is 0.00000336. The third-order valence-electron chi connectivity index (χ3n) is 6.80. The van der Waals surface area contributed by atoms with E-state index in [2.05, 4.69) is 23.5 Å². The Kier molecular flexibility index (Phi) is 9.08. The van der Waals surface area contributed by atoms with Gasteiger partial charge in [-0.15, -0.1) is 12.4 Å². The van der Waals surface area contributed by atoms with E-state index in [1.165, 1.54) is 17.2 Å². The van der Waals surface area contributed by atoms with E-state index < -0.39 is 12.1 Å². The quantitative estimate of drug-likeness (QED) is 0.218. The molecule has 4 aromatic rings. The fraction of sp³-hybridized carbons (Fsp3) is 0.194. The number of aliphatic hydroxyl groups is 1. The van der Waals surface area contributed by atoms with Crippen molar-refractivity contribution in [1.82, 2.24) is 5.32 Å². The van der Waals surface area contributed by atoms with Gasteiger partial charge in [-0.3, -0.25) is 0 Å². The van der Waals surface area contributed by atoms with Crippen LogP contribution in [0.3, 0.4) is 0 Å². The molecule has 0 fully saturated rings. The second-order valence-electron chi connectivity index (χ2n) is 9.33. The lowest BCUT2D eigenvalue weighted by Crippen LogP contribution is -2.37. The lowest BCUT2D eigenvalue weighted by molar-refractivity contribution is 0.0694. The molecule has 0 aromatic heterocycles. The molecule has 0 radical (unpaired) electrons. The van der Waals surface area contributed by atoms with E-state index in [4.69, 9.17) is 16.3 Å². The number of ether oxygens (including phenoxy) is 1. The van der Waals surface area contributed by atoms with E-state index in [-0.39, 0.29) is 18.0 Å². The number of aryl methyl sites for hydroxylation is 1. The Morgan fingerprint density at radius 2 is 1.71 bits per heavy atom. The predicted octanol–water partition coefficient (Wildman–Crippen LogP) is 7.10. The van der Waals surface area contributed by atoms with Crippen LogP contribution in [0.25, 0.3) is 11.1 Å². The first-order valence-corrected chi connectivity index (χ1v) is 12.7. The van der Waals surface area contributed by atoms with Gasteiger partial charge in [-0.2, -0.15) is 0 Å². The number of benzene rings is 4. The largest absolute Gasteiger partial charge is 0.478 e. The topological polar surface area (TPSA) is 78.8 Å². The lowest BCUT2D eigenvalue weighted by atomic mass is 9.86.